The Kier molecular flexibility index (Phi) is 5.14. The van der Waals surface area contributed by atoms with Crippen molar-refractivity contribution in [1.29, 1.82) is 0 Å². The first-order valence-electron chi connectivity index (χ1n) is 6.71. The Morgan fingerprint density at radius 3 is 2.71 bits per heavy atom. The van der Waals surface area contributed by atoms with E-state index in [2.05, 4.69) is 5.10 Å². The minimum absolute atomic E-state index is 0.367. The summed E-state index contributed by atoms with van der Waals surface area (Å²) in [6.07, 6.45) is -0.373. The molecule has 21 heavy (non-hydrogen) atoms. The number of methoxy groups -OCH3 is 1. The fourth-order valence-electron chi connectivity index (χ4n) is 2.32. The maximum Gasteiger partial charge on any atom is 0.126 e. The van der Waals surface area contributed by atoms with Crippen molar-refractivity contribution in [3.63, 3.8) is 0 Å². The predicted octanol–water partition coefficient (Wildman–Crippen LogP) is 3.80. The van der Waals surface area contributed by atoms with E-state index in [-0.39, 0.29) is 0 Å². The lowest BCUT2D eigenvalue weighted by atomic mass is 10.0. The highest BCUT2D eigenvalue weighted by Crippen LogP contribution is 2.32. The summed E-state index contributed by atoms with van der Waals surface area (Å²) < 4.78 is 7.09. The lowest BCUT2D eigenvalue weighted by Gasteiger charge is -2.16. The quantitative estimate of drug-likeness (QED) is 0.907. The average molecular weight is 329 g/mol. The Bertz CT molecular complexity index is 641. The van der Waals surface area contributed by atoms with Gasteiger partial charge in [-0.3, -0.25) is 4.68 Å². The number of aromatic nitrogens is 2. The molecule has 2 aromatic rings. The molecule has 0 spiro atoms. The number of nitrogens with zero attached hydrogens (tertiary/aromatic N) is 2. The van der Waals surface area contributed by atoms with Crippen molar-refractivity contribution in [1.82, 2.24) is 9.78 Å². The van der Waals surface area contributed by atoms with Crippen molar-refractivity contribution in [2.45, 2.75) is 32.9 Å². The second-order valence-electron chi connectivity index (χ2n) is 4.77. The Hall–Kier alpha value is -1.23. The van der Waals surface area contributed by atoms with Gasteiger partial charge in [0.25, 0.3) is 0 Å². The molecule has 1 aromatic carbocycles. The molecule has 0 amide bonds. The number of hydrogen-bond acceptors (Lipinski definition) is 3. The minimum Gasteiger partial charge on any atom is -0.496 e. The second-order valence-corrected chi connectivity index (χ2v) is 5.58. The summed E-state index contributed by atoms with van der Waals surface area (Å²) in [5.41, 5.74) is 2.27. The van der Waals surface area contributed by atoms with Crippen LogP contribution >= 0.6 is 23.2 Å². The van der Waals surface area contributed by atoms with Crippen LogP contribution in [-0.4, -0.2) is 22.0 Å². The lowest BCUT2D eigenvalue weighted by Crippen LogP contribution is -2.09. The van der Waals surface area contributed by atoms with Crippen molar-refractivity contribution in [2.24, 2.45) is 0 Å². The van der Waals surface area contributed by atoms with Crippen LogP contribution in [0.25, 0.3) is 0 Å². The van der Waals surface area contributed by atoms with E-state index in [1.165, 1.54) is 0 Å². The van der Waals surface area contributed by atoms with Crippen LogP contribution in [0.2, 0.25) is 10.0 Å². The molecule has 1 aromatic heterocycles. The number of aryl methyl sites for hydroxylation is 2. The number of benzene rings is 1. The number of hydrogen-bond donors (Lipinski definition) is 1. The van der Waals surface area contributed by atoms with Gasteiger partial charge in [0.1, 0.15) is 5.75 Å². The molecule has 114 valence electrons. The van der Waals surface area contributed by atoms with Crippen LogP contribution in [0.5, 0.6) is 5.75 Å². The lowest BCUT2D eigenvalue weighted by molar-refractivity contribution is 0.171. The van der Waals surface area contributed by atoms with E-state index in [1.807, 2.05) is 18.5 Å². The van der Waals surface area contributed by atoms with Gasteiger partial charge in [-0.15, -0.1) is 0 Å². The highest BCUT2D eigenvalue weighted by atomic mass is 35.5. The first-order valence-corrected chi connectivity index (χ1v) is 7.46. The highest BCUT2D eigenvalue weighted by molar-refractivity contribution is 6.32. The van der Waals surface area contributed by atoms with E-state index in [0.717, 1.165) is 11.4 Å². The van der Waals surface area contributed by atoms with Crippen LogP contribution in [0.15, 0.2) is 18.2 Å². The van der Waals surface area contributed by atoms with Crippen LogP contribution in [-0.2, 0) is 13.0 Å². The van der Waals surface area contributed by atoms with Crippen LogP contribution in [0.3, 0.4) is 0 Å². The smallest absolute Gasteiger partial charge is 0.126 e. The monoisotopic (exact) mass is 328 g/mol. The van der Waals surface area contributed by atoms with E-state index in [9.17, 15) is 5.11 Å². The summed E-state index contributed by atoms with van der Waals surface area (Å²) in [6.45, 7) is 4.54. The van der Waals surface area contributed by atoms with Gasteiger partial charge < -0.3 is 9.84 Å². The fourth-order valence-corrected chi connectivity index (χ4v) is 2.69. The molecule has 2 rings (SSSR count). The number of halogens is 2. The zero-order chi connectivity index (χ0) is 15.6. The third kappa shape index (κ3) is 3.34. The molecule has 0 aliphatic rings. The molecule has 0 aliphatic heterocycles. The molecule has 0 saturated carbocycles. The average Bonchev–Trinajstić information content (AvgIpc) is 2.74. The first-order chi connectivity index (χ1) is 9.97. The van der Waals surface area contributed by atoms with Gasteiger partial charge in [-0.2, -0.15) is 5.10 Å². The largest absolute Gasteiger partial charge is 0.496 e. The van der Waals surface area contributed by atoms with E-state index < -0.39 is 6.10 Å². The van der Waals surface area contributed by atoms with E-state index in [0.29, 0.717) is 34.3 Å². The first kappa shape index (κ1) is 16.1. The standard InChI is InChI=1S/C15H18Cl2N2O2/c1-4-19-12(15(17)9(2)18-19)8-13(20)11-6-5-10(16)7-14(11)21-3/h5-7,13,20H,4,8H2,1-3H3. The highest BCUT2D eigenvalue weighted by Gasteiger charge is 2.20. The SMILES string of the molecule is CCn1nc(C)c(Cl)c1CC(O)c1ccc(Cl)cc1OC. The summed E-state index contributed by atoms with van der Waals surface area (Å²) in [6, 6.07) is 5.18. The third-order valence-corrected chi connectivity index (χ3v) is 4.12. The van der Waals surface area contributed by atoms with Gasteiger partial charge >= 0.3 is 0 Å². The van der Waals surface area contributed by atoms with Gasteiger partial charge in [-0.25, -0.2) is 0 Å². The second kappa shape index (κ2) is 6.69. The molecule has 1 unspecified atom stereocenters. The molecule has 1 heterocycles. The van der Waals surface area contributed by atoms with E-state index in [4.69, 9.17) is 27.9 Å². The molecule has 0 radical (unpaired) electrons. The molecule has 4 nitrogen and oxygen atoms in total. The van der Waals surface area contributed by atoms with Crippen molar-refractivity contribution in [3.05, 3.63) is 45.2 Å². The van der Waals surface area contributed by atoms with Crippen molar-refractivity contribution >= 4 is 23.2 Å². The molecule has 0 bridgehead atoms. The van der Waals surface area contributed by atoms with E-state index in [1.54, 1.807) is 25.3 Å². The summed E-state index contributed by atoms with van der Waals surface area (Å²) in [5.74, 6) is 0.561. The molecule has 1 atom stereocenters. The van der Waals surface area contributed by atoms with Gasteiger partial charge in [-0.1, -0.05) is 29.3 Å². The molecular weight excluding hydrogens is 311 g/mol. The Labute approximate surface area is 134 Å². The normalized spacial score (nSPS) is 12.5. The van der Waals surface area contributed by atoms with Gasteiger partial charge in [0.15, 0.2) is 0 Å². The van der Waals surface area contributed by atoms with Crippen LogP contribution in [0, 0.1) is 6.92 Å². The molecule has 1 N–H and O–H groups in total. The summed E-state index contributed by atoms with van der Waals surface area (Å²) in [5, 5.41) is 16.0. The number of aliphatic hydroxyl groups excluding tert-OH is 1. The van der Waals surface area contributed by atoms with Crippen molar-refractivity contribution in [2.75, 3.05) is 7.11 Å². The molecular formula is C15H18Cl2N2O2. The van der Waals surface area contributed by atoms with Gasteiger partial charge in [-0.05, 0) is 26.0 Å². The predicted molar refractivity (Wildman–Crippen MR) is 84.3 cm³/mol. The Balaban J connectivity index is 2.32. The minimum atomic E-state index is -0.740. The Morgan fingerprint density at radius 2 is 2.10 bits per heavy atom. The zero-order valence-corrected chi connectivity index (χ0v) is 13.7. The van der Waals surface area contributed by atoms with Gasteiger partial charge in [0.2, 0.25) is 0 Å². The molecule has 6 heteroatoms. The van der Waals surface area contributed by atoms with Crippen LogP contribution in [0.4, 0.5) is 0 Å². The fraction of sp³-hybridized carbons (Fsp3) is 0.400. The van der Waals surface area contributed by atoms with Gasteiger partial charge in [0.05, 0.1) is 29.6 Å². The summed E-state index contributed by atoms with van der Waals surface area (Å²) in [4.78, 5) is 0. The topological polar surface area (TPSA) is 47.3 Å². The maximum absolute atomic E-state index is 10.5. The Morgan fingerprint density at radius 1 is 1.38 bits per heavy atom. The van der Waals surface area contributed by atoms with Gasteiger partial charge in [0, 0.05) is 23.6 Å². The number of aliphatic hydroxyl groups is 1. The summed E-state index contributed by atoms with van der Waals surface area (Å²) >= 11 is 12.2. The molecule has 0 fully saturated rings. The van der Waals surface area contributed by atoms with Crippen LogP contribution in [0.1, 0.15) is 30.0 Å². The van der Waals surface area contributed by atoms with Crippen molar-refractivity contribution < 1.29 is 9.84 Å². The summed E-state index contributed by atoms with van der Waals surface area (Å²) in [7, 11) is 1.55. The number of ether oxygens (including phenoxy) is 1. The molecule has 0 saturated heterocycles. The van der Waals surface area contributed by atoms with Crippen molar-refractivity contribution in [3.8, 4) is 5.75 Å². The zero-order valence-electron chi connectivity index (χ0n) is 12.2. The number of rotatable bonds is 5. The van der Waals surface area contributed by atoms with E-state index >= 15 is 0 Å². The maximum atomic E-state index is 10.5. The van der Waals surface area contributed by atoms with Crippen LogP contribution < -0.4 is 4.74 Å². The third-order valence-electron chi connectivity index (χ3n) is 3.39. The molecule has 0 aliphatic carbocycles.